The Balaban J connectivity index is 2.00. The summed E-state index contributed by atoms with van der Waals surface area (Å²) in [6.45, 7) is 2.22. The van der Waals surface area contributed by atoms with Gasteiger partial charge in [-0.2, -0.15) is 13.2 Å². The van der Waals surface area contributed by atoms with Crippen LogP contribution in [-0.2, 0) is 6.18 Å². The lowest BCUT2D eigenvalue weighted by molar-refractivity contribution is -0.137. The number of rotatable bonds is 4. The quantitative estimate of drug-likeness (QED) is 0.882. The summed E-state index contributed by atoms with van der Waals surface area (Å²) in [6.07, 6.45) is -1.79. The van der Waals surface area contributed by atoms with E-state index in [0.29, 0.717) is 12.1 Å². The first-order chi connectivity index (χ1) is 8.80. The Labute approximate surface area is 110 Å². The van der Waals surface area contributed by atoms with E-state index >= 15 is 0 Å². The lowest BCUT2D eigenvalue weighted by Gasteiger charge is -2.37. The molecule has 0 saturated heterocycles. The molecule has 1 atom stereocenters. The Morgan fingerprint density at radius 3 is 2.58 bits per heavy atom. The van der Waals surface area contributed by atoms with Crippen LogP contribution in [-0.4, -0.2) is 17.3 Å². The molecule has 0 amide bonds. The Morgan fingerprint density at radius 1 is 1.37 bits per heavy atom. The Hall–Kier alpha value is -1.07. The van der Waals surface area contributed by atoms with Crippen molar-refractivity contribution in [2.45, 2.75) is 44.0 Å². The number of halogens is 3. The van der Waals surface area contributed by atoms with Gasteiger partial charge >= 0.3 is 6.18 Å². The van der Waals surface area contributed by atoms with Crippen molar-refractivity contribution in [3.8, 4) is 0 Å². The van der Waals surface area contributed by atoms with Crippen LogP contribution < -0.4 is 5.32 Å². The number of benzene rings is 1. The van der Waals surface area contributed by atoms with Gasteiger partial charge in [0.05, 0.1) is 11.2 Å². The normalized spacial score (nSPS) is 19.8. The first kappa shape index (κ1) is 14.3. The maximum absolute atomic E-state index is 12.6. The molecular formula is C14H18F3NO. The van der Waals surface area contributed by atoms with Crippen LogP contribution in [0.5, 0.6) is 0 Å². The molecule has 1 fully saturated rings. The van der Waals surface area contributed by atoms with E-state index in [1.165, 1.54) is 6.07 Å². The summed E-state index contributed by atoms with van der Waals surface area (Å²) in [5.41, 5.74) is -0.727. The summed E-state index contributed by atoms with van der Waals surface area (Å²) >= 11 is 0. The monoisotopic (exact) mass is 273 g/mol. The maximum atomic E-state index is 12.6. The zero-order chi connectivity index (χ0) is 14.1. The molecule has 0 aliphatic heterocycles. The summed E-state index contributed by atoms with van der Waals surface area (Å²) in [5, 5.41) is 13.0. The highest BCUT2D eigenvalue weighted by Crippen LogP contribution is 2.32. The number of alkyl halides is 3. The minimum absolute atomic E-state index is 0.216. The molecule has 1 aliphatic carbocycles. The Bertz CT molecular complexity index is 441. The van der Waals surface area contributed by atoms with Gasteiger partial charge in [-0.15, -0.1) is 0 Å². The molecule has 0 spiro atoms. The maximum Gasteiger partial charge on any atom is 0.416 e. The van der Waals surface area contributed by atoms with E-state index in [-0.39, 0.29) is 6.04 Å². The van der Waals surface area contributed by atoms with Crippen molar-refractivity contribution < 1.29 is 18.3 Å². The minimum Gasteiger partial charge on any atom is -0.389 e. The van der Waals surface area contributed by atoms with E-state index in [2.05, 4.69) is 5.32 Å². The molecule has 2 N–H and O–H groups in total. The van der Waals surface area contributed by atoms with Gasteiger partial charge in [-0.25, -0.2) is 0 Å². The van der Waals surface area contributed by atoms with Gasteiger partial charge in [-0.3, -0.25) is 0 Å². The summed E-state index contributed by atoms with van der Waals surface area (Å²) in [7, 11) is 0. The van der Waals surface area contributed by atoms with Crippen molar-refractivity contribution in [2.24, 2.45) is 0 Å². The van der Waals surface area contributed by atoms with E-state index in [9.17, 15) is 18.3 Å². The van der Waals surface area contributed by atoms with Crippen molar-refractivity contribution in [2.75, 3.05) is 6.54 Å². The fraction of sp³-hybridized carbons (Fsp3) is 0.571. The zero-order valence-corrected chi connectivity index (χ0v) is 10.8. The molecule has 0 bridgehead atoms. The summed E-state index contributed by atoms with van der Waals surface area (Å²) in [4.78, 5) is 0. The lowest BCUT2D eigenvalue weighted by Crippen LogP contribution is -2.46. The van der Waals surface area contributed by atoms with E-state index in [1.54, 1.807) is 13.0 Å². The fourth-order valence-corrected chi connectivity index (χ4v) is 2.21. The predicted molar refractivity (Wildman–Crippen MR) is 66.7 cm³/mol. The first-order valence-corrected chi connectivity index (χ1v) is 6.43. The average molecular weight is 273 g/mol. The van der Waals surface area contributed by atoms with Crippen LogP contribution in [0.3, 0.4) is 0 Å². The second-order valence-electron chi connectivity index (χ2n) is 5.30. The van der Waals surface area contributed by atoms with E-state index < -0.39 is 17.3 Å². The van der Waals surface area contributed by atoms with Gasteiger partial charge in [0.15, 0.2) is 0 Å². The summed E-state index contributed by atoms with van der Waals surface area (Å²) < 4.78 is 37.8. The topological polar surface area (TPSA) is 32.3 Å². The molecule has 2 rings (SSSR count). The number of aliphatic hydroxyl groups is 1. The van der Waals surface area contributed by atoms with Crippen molar-refractivity contribution in [3.63, 3.8) is 0 Å². The third kappa shape index (κ3) is 3.48. The smallest absolute Gasteiger partial charge is 0.389 e. The minimum atomic E-state index is -4.32. The Morgan fingerprint density at radius 2 is 2.05 bits per heavy atom. The highest BCUT2D eigenvalue weighted by molar-refractivity contribution is 5.27. The van der Waals surface area contributed by atoms with Gasteiger partial charge in [0.1, 0.15) is 0 Å². The van der Waals surface area contributed by atoms with Crippen LogP contribution in [0.1, 0.15) is 43.4 Å². The highest BCUT2D eigenvalue weighted by atomic mass is 19.4. The second-order valence-corrected chi connectivity index (χ2v) is 5.30. The van der Waals surface area contributed by atoms with Crippen LogP contribution in [0.4, 0.5) is 13.2 Å². The second kappa shape index (κ2) is 5.13. The molecule has 0 radical (unpaired) electrons. The molecule has 1 aromatic carbocycles. The molecule has 0 heterocycles. The molecule has 1 saturated carbocycles. The molecular weight excluding hydrogens is 255 g/mol. The van der Waals surface area contributed by atoms with Gasteiger partial charge in [0, 0.05) is 12.6 Å². The number of hydrogen-bond acceptors (Lipinski definition) is 2. The molecule has 1 unspecified atom stereocenters. The van der Waals surface area contributed by atoms with Crippen LogP contribution in [0.2, 0.25) is 0 Å². The highest BCUT2D eigenvalue weighted by Gasteiger charge is 2.34. The molecule has 1 aliphatic rings. The van der Waals surface area contributed by atoms with E-state index in [1.807, 2.05) is 0 Å². The summed E-state index contributed by atoms with van der Waals surface area (Å²) in [6, 6.07) is 5.08. The average Bonchev–Trinajstić information content (AvgIpc) is 2.33. The van der Waals surface area contributed by atoms with Crippen molar-refractivity contribution >= 4 is 0 Å². The molecule has 2 nitrogen and oxygen atoms in total. The molecule has 5 heteroatoms. The standard InChI is InChI=1S/C14H18F3NO/c1-10(18-9-13(19)6-3-7-13)11-4-2-5-12(8-11)14(15,16)17/h2,4-5,8,10,18-19H,3,6-7,9H2,1H3. The largest absolute Gasteiger partial charge is 0.416 e. The SMILES string of the molecule is CC(NCC1(O)CCC1)c1cccc(C(F)(F)F)c1. The third-order valence-corrected chi connectivity index (χ3v) is 3.74. The zero-order valence-electron chi connectivity index (χ0n) is 10.8. The van der Waals surface area contributed by atoms with Gasteiger partial charge in [-0.05, 0) is 43.9 Å². The Kier molecular flexibility index (Phi) is 3.87. The van der Waals surface area contributed by atoms with Crippen LogP contribution in [0, 0.1) is 0 Å². The van der Waals surface area contributed by atoms with Crippen molar-refractivity contribution in [1.82, 2.24) is 5.32 Å². The van der Waals surface area contributed by atoms with E-state index in [0.717, 1.165) is 31.4 Å². The first-order valence-electron chi connectivity index (χ1n) is 6.43. The lowest BCUT2D eigenvalue weighted by atomic mass is 9.80. The summed E-state index contributed by atoms with van der Waals surface area (Å²) in [5.74, 6) is 0. The van der Waals surface area contributed by atoms with Crippen molar-refractivity contribution in [3.05, 3.63) is 35.4 Å². The third-order valence-electron chi connectivity index (χ3n) is 3.74. The van der Waals surface area contributed by atoms with Gasteiger partial charge in [-0.1, -0.05) is 12.1 Å². The van der Waals surface area contributed by atoms with Gasteiger partial charge in [0.2, 0.25) is 0 Å². The molecule has 0 aromatic heterocycles. The van der Waals surface area contributed by atoms with Crippen LogP contribution >= 0.6 is 0 Å². The van der Waals surface area contributed by atoms with Gasteiger partial charge in [0.25, 0.3) is 0 Å². The molecule has 1 aromatic rings. The van der Waals surface area contributed by atoms with Crippen LogP contribution in [0.25, 0.3) is 0 Å². The fourth-order valence-electron chi connectivity index (χ4n) is 2.21. The predicted octanol–water partition coefficient (Wildman–Crippen LogP) is 3.27. The van der Waals surface area contributed by atoms with E-state index in [4.69, 9.17) is 0 Å². The number of nitrogens with one attached hydrogen (secondary N) is 1. The molecule has 19 heavy (non-hydrogen) atoms. The van der Waals surface area contributed by atoms with Crippen LogP contribution in [0.15, 0.2) is 24.3 Å². The van der Waals surface area contributed by atoms with Crippen molar-refractivity contribution in [1.29, 1.82) is 0 Å². The number of hydrogen-bond donors (Lipinski definition) is 2. The van der Waals surface area contributed by atoms with Gasteiger partial charge < -0.3 is 10.4 Å². The molecule has 106 valence electrons.